The molecule has 17 heavy (non-hydrogen) atoms. The average Bonchev–Trinajstić information content (AvgIpc) is 3.09. The molecule has 94 valence electrons. The molecule has 0 heterocycles. The van der Waals surface area contributed by atoms with Crippen molar-refractivity contribution in [1.29, 1.82) is 0 Å². The summed E-state index contributed by atoms with van der Waals surface area (Å²) in [5.74, 6) is 0.640. The Balaban J connectivity index is 2.03. The Kier molecular flexibility index (Phi) is 3.55. The van der Waals surface area contributed by atoms with Gasteiger partial charge in [-0.1, -0.05) is 30.3 Å². The Hall–Kier alpha value is -0.860. The standard InChI is InChI=1S/C15H23NO/c1-11(12-7-5-4-6-8-12)16-14(13-9-10-13)15(2,3)17/h4-8,11,13-14,16-17H,9-10H2,1-3H3/t11-,14-/m0/s1. The normalized spacial score (nSPS) is 20.0. The van der Waals surface area contributed by atoms with Crippen LogP contribution in [0.4, 0.5) is 0 Å². The van der Waals surface area contributed by atoms with Gasteiger partial charge in [0.25, 0.3) is 0 Å². The molecule has 0 unspecified atom stereocenters. The molecule has 0 aliphatic heterocycles. The maximum Gasteiger partial charge on any atom is 0.0746 e. The topological polar surface area (TPSA) is 32.3 Å². The van der Waals surface area contributed by atoms with E-state index in [1.165, 1.54) is 18.4 Å². The second kappa shape index (κ2) is 4.79. The van der Waals surface area contributed by atoms with Gasteiger partial charge in [0, 0.05) is 12.1 Å². The van der Waals surface area contributed by atoms with E-state index in [-0.39, 0.29) is 12.1 Å². The molecule has 1 fully saturated rings. The predicted octanol–water partition coefficient (Wildman–Crippen LogP) is 2.89. The van der Waals surface area contributed by atoms with Crippen molar-refractivity contribution in [2.75, 3.05) is 0 Å². The molecule has 1 aromatic carbocycles. The zero-order chi connectivity index (χ0) is 12.5. The summed E-state index contributed by atoms with van der Waals surface area (Å²) in [5.41, 5.74) is 0.631. The van der Waals surface area contributed by atoms with Crippen molar-refractivity contribution < 1.29 is 5.11 Å². The Bertz CT molecular complexity index is 351. The minimum absolute atomic E-state index is 0.192. The summed E-state index contributed by atoms with van der Waals surface area (Å²) < 4.78 is 0. The first kappa shape index (κ1) is 12.6. The van der Waals surface area contributed by atoms with E-state index >= 15 is 0 Å². The number of nitrogens with one attached hydrogen (secondary N) is 1. The van der Waals surface area contributed by atoms with Crippen LogP contribution in [-0.4, -0.2) is 16.7 Å². The highest BCUT2D eigenvalue weighted by molar-refractivity contribution is 5.18. The van der Waals surface area contributed by atoms with Gasteiger partial charge in [0.1, 0.15) is 0 Å². The van der Waals surface area contributed by atoms with Crippen molar-refractivity contribution in [3.63, 3.8) is 0 Å². The van der Waals surface area contributed by atoms with Crippen molar-refractivity contribution >= 4 is 0 Å². The van der Waals surface area contributed by atoms with Gasteiger partial charge in [0.15, 0.2) is 0 Å². The Morgan fingerprint density at radius 1 is 1.24 bits per heavy atom. The second-order valence-corrected chi connectivity index (χ2v) is 5.77. The van der Waals surface area contributed by atoms with Crippen LogP contribution in [0.1, 0.15) is 45.2 Å². The molecule has 0 spiro atoms. The number of hydrogen-bond acceptors (Lipinski definition) is 2. The van der Waals surface area contributed by atoms with Crippen LogP contribution in [0.5, 0.6) is 0 Å². The van der Waals surface area contributed by atoms with E-state index in [0.29, 0.717) is 5.92 Å². The van der Waals surface area contributed by atoms with Crippen LogP contribution in [0.15, 0.2) is 30.3 Å². The van der Waals surface area contributed by atoms with Gasteiger partial charge in [0.05, 0.1) is 5.60 Å². The smallest absolute Gasteiger partial charge is 0.0746 e. The molecule has 0 bridgehead atoms. The highest BCUT2D eigenvalue weighted by atomic mass is 16.3. The minimum Gasteiger partial charge on any atom is -0.389 e. The third kappa shape index (κ3) is 3.30. The van der Waals surface area contributed by atoms with Crippen LogP contribution in [0, 0.1) is 5.92 Å². The van der Waals surface area contributed by atoms with E-state index in [0.717, 1.165) is 0 Å². The Labute approximate surface area is 104 Å². The van der Waals surface area contributed by atoms with Gasteiger partial charge in [-0.25, -0.2) is 0 Å². The van der Waals surface area contributed by atoms with E-state index in [4.69, 9.17) is 0 Å². The molecule has 1 aliphatic carbocycles. The molecule has 1 aliphatic rings. The highest BCUT2D eigenvalue weighted by Gasteiger charge is 2.40. The van der Waals surface area contributed by atoms with Gasteiger partial charge >= 0.3 is 0 Å². The lowest BCUT2D eigenvalue weighted by molar-refractivity contribution is 0.0251. The summed E-state index contributed by atoms with van der Waals surface area (Å²) >= 11 is 0. The van der Waals surface area contributed by atoms with Crippen LogP contribution in [0.2, 0.25) is 0 Å². The third-order valence-corrected chi connectivity index (χ3v) is 3.58. The second-order valence-electron chi connectivity index (χ2n) is 5.77. The lowest BCUT2D eigenvalue weighted by atomic mass is 9.93. The summed E-state index contributed by atoms with van der Waals surface area (Å²) in [4.78, 5) is 0. The zero-order valence-corrected chi connectivity index (χ0v) is 11.0. The van der Waals surface area contributed by atoms with E-state index in [1.807, 2.05) is 19.9 Å². The molecule has 2 heteroatoms. The van der Waals surface area contributed by atoms with Gasteiger partial charge in [-0.2, -0.15) is 0 Å². The van der Waals surface area contributed by atoms with Crippen LogP contribution in [0.3, 0.4) is 0 Å². The molecular formula is C15H23NO. The highest BCUT2D eigenvalue weighted by Crippen LogP contribution is 2.38. The van der Waals surface area contributed by atoms with Crippen LogP contribution >= 0.6 is 0 Å². The van der Waals surface area contributed by atoms with Crippen molar-refractivity contribution in [3.05, 3.63) is 35.9 Å². The molecule has 0 aromatic heterocycles. The molecular weight excluding hydrogens is 210 g/mol. The summed E-state index contributed by atoms with van der Waals surface area (Å²) in [6.07, 6.45) is 2.48. The third-order valence-electron chi connectivity index (χ3n) is 3.58. The number of rotatable bonds is 5. The molecule has 0 radical (unpaired) electrons. The summed E-state index contributed by atoms with van der Waals surface area (Å²) in [5, 5.41) is 13.8. The number of hydrogen-bond donors (Lipinski definition) is 2. The van der Waals surface area contributed by atoms with Crippen molar-refractivity contribution in [2.45, 2.75) is 51.3 Å². The first-order valence-corrected chi connectivity index (χ1v) is 6.52. The van der Waals surface area contributed by atoms with E-state index in [1.54, 1.807) is 0 Å². The molecule has 0 amide bonds. The lowest BCUT2D eigenvalue weighted by Gasteiger charge is -2.33. The van der Waals surface area contributed by atoms with Gasteiger partial charge in [-0.15, -0.1) is 0 Å². The van der Waals surface area contributed by atoms with E-state index in [2.05, 4.69) is 36.5 Å². The molecule has 0 saturated heterocycles. The average molecular weight is 233 g/mol. The molecule has 1 aromatic rings. The molecule has 2 nitrogen and oxygen atoms in total. The number of aliphatic hydroxyl groups is 1. The van der Waals surface area contributed by atoms with Gasteiger partial charge < -0.3 is 10.4 Å². The first-order valence-electron chi connectivity index (χ1n) is 6.52. The van der Waals surface area contributed by atoms with Gasteiger partial charge in [0.2, 0.25) is 0 Å². The molecule has 2 N–H and O–H groups in total. The Morgan fingerprint density at radius 3 is 2.29 bits per heavy atom. The molecule has 2 rings (SSSR count). The summed E-state index contributed by atoms with van der Waals surface area (Å²) in [6.45, 7) is 5.97. The SMILES string of the molecule is C[C@H](N[C@@H](C1CC1)C(C)(C)O)c1ccccc1. The maximum absolute atomic E-state index is 10.2. The Morgan fingerprint density at radius 2 is 1.82 bits per heavy atom. The van der Waals surface area contributed by atoms with Crippen molar-refractivity contribution in [2.24, 2.45) is 5.92 Å². The summed E-state index contributed by atoms with van der Waals surface area (Å²) in [6, 6.07) is 10.9. The van der Waals surface area contributed by atoms with Gasteiger partial charge in [-0.05, 0) is 45.1 Å². The fraction of sp³-hybridized carbons (Fsp3) is 0.600. The van der Waals surface area contributed by atoms with E-state index < -0.39 is 5.60 Å². The minimum atomic E-state index is -0.649. The quantitative estimate of drug-likeness (QED) is 0.819. The summed E-state index contributed by atoms with van der Waals surface area (Å²) in [7, 11) is 0. The van der Waals surface area contributed by atoms with Crippen molar-refractivity contribution in [1.82, 2.24) is 5.32 Å². The monoisotopic (exact) mass is 233 g/mol. The van der Waals surface area contributed by atoms with Crippen LogP contribution < -0.4 is 5.32 Å². The molecule has 1 saturated carbocycles. The fourth-order valence-electron chi connectivity index (χ4n) is 2.45. The predicted molar refractivity (Wildman–Crippen MR) is 70.8 cm³/mol. The van der Waals surface area contributed by atoms with Gasteiger partial charge in [-0.3, -0.25) is 0 Å². The maximum atomic E-state index is 10.2. The fourth-order valence-corrected chi connectivity index (χ4v) is 2.45. The first-order chi connectivity index (χ1) is 7.98. The van der Waals surface area contributed by atoms with Crippen LogP contribution in [-0.2, 0) is 0 Å². The number of benzene rings is 1. The van der Waals surface area contributed by atoms with E-state index in [9.17, 15) is 5.11 Å². The largest absolute Gasteiger partial charge is 0.389 e. The van der Waals surface area contributed by atoms with Crippen LogP contribution in [0.25, 0.3) is 0 Å². The zero-order valence-electron chi connectivity index (χ0n) is 11.0. The molecule has 2 atom stereocenters. The van der Waals surface area contributed by atoms with Crippen molar-refractivity contribution in [3.8, 4) is 0 Å². The lowest BCUT2D eigenvalue weighted by Crippen LogP contribution is -2.49.